The highest BCUT2D eigenvalue weighted by Gasteiger charge is 2.16. The van der Waals surface area contributed by atoms with Gasteiger partial charge >= 0.3 is 5.69 Å². The van der Waals surface area contributed by atoms with Crippen LogP contribution >= 0.6 is 0 Å². The zero-order valence-corrected chi connectivity index (χ0v) is 14.3. The van der Waals surface area contributed by atoms with Crippen LogP contribution < -0.4 is 14.8 Å². The smallest absolute Gasteiger partial charge is 0.311 e. The fraction of sp³-hybridized carbons (Fsp3) is 0.333. The number of nitrogens with one attached hydrogen (secondary N) is 1. The standard InChI is InChI=1S/C18H22N2O5/c1-13-3-8-18(17(9-13)20(22)23)25-12-15(21)11-19-10-14-4-6-16(24-2)7-5-14/h3-9,15,19,21H,10-12H2,1-2H3/t15-/m1/s1. The van der Waals surface area contributed by atoms with E-state index in [4.69, 9.17) is 9.47 Å². The van der Waals surface area contributed by atoms with E-state index < -0.39 is 11.0 Å². The van der Waals surface area contributed by atoms with Crippen molar-refractivity contribution in [3.05, 3.63) is 63.7 Å². The number of rotatable bonds is 9. The van der Waals surface area contributed by atoms with Crippen LogP contribution in [0, 0.1) is 17.0 Å². The first-order valence-electron chi connectivity index (χ1n) is 7.89. The van der Waals surface area contributed by atoms with Gasteiger partial charge in [0, 0.05) is 19.2 Å². The summed E-state index contributed by atoms with van der Waals surface area (Å²) in [6, 6.07) is 12.3. The number of hydrogen-bond donors (Lipinski definition) is 2. The van der Waals surface area contributed by atoms with Gasteiger partial charge < -0.3 is 19.9 Å². The van der Waals surface area contributed by atoms with Gasteiger partial charge in [-0.2, -0.15) is 0 Å². The third-order valence-corrected chi connectivity index (χ3v) is 3.61. The molecule has 0 amide bonds. The minimum atomic E-state index is -0.779. The Bertz CT molecular complexity index is 703. The van der Waals surface area contributed by atoms with Crippen molar-refractivity contribution < 1.29 is 19.5 Å². The Labute approximate surface area is 146 Å². The van der Waals surface area contributed by atoms with E-state index in [2.05, 4.69) is 5.32 Å². The maximum Gasteiger partial charge on any atom is 0.311 e. The zero-order valence-electron chi connectivity index (χ0n) is 14.3. The Kier molecular flexibility index (Phi) is 6.73. The number of aryl methyl sites for hydroxylation is 1. The number of hydrogen-bond acceptors (Lipinski definition) is 6. The molecule has 25 heavy (non-hydrogen) atoms. The number of ether oxygens (including phenoxy) is 2. The van der Waals surface area contributed by atoms with Crippen LogP contribution in [0.25, 0.3) is 0 Å². The highest BCUT2D eigenvalue weighted by Crippen LogP contribution is 2.27. The number of nitro groups is 1. The molecule has 0 spiro atoms. The Morgan fingerprint density at radius 2 is 1.96 bits per heavy atom. The predicted molar refractivity (Wildman–Crippen MR) is 94.0 cm³/mol. The number of aliphatic hydroxyl groups excluding tert-OH is 1. The van der Waals surface area contributed by atoms with Crippen LogP contribution in [0.15, 0.2) is 42.5 Å². The van der Waals surface area contributed by atoms with Gasteiger partial charge in [0.1, 0.15) is 18.5 Å². The van der Waals surface area contributed by atoms with Crippen LogP contribution in [0.1, 0.15) is 11.1 Å². The summed E-state index contributed by atoms with van der Waals surface area (Å²) in [7, 11) is 1.61. The fourth-order valence-electron chi connectivity index (χ4n) is 2.26. The lowest BCUT2D eigenvalue weighted by Crippen LogP contribution is -2.31. The van der Waals surface area contributed by atoms with Crippen molar-refractivity contribution in [2.45, 2.75) is 19.6 Å². The fourth-order valence-corrected chi connectivity index (χ4v) is 2.26. The molecule has 0 fully saturated rings. The molecule has 1 atom stereocenters. The summed E-state index contributed by atoms with van der Waals surface area (Å²) in [6.45, 7) is 2.64. The Morgan fingerprint density at radius 1 is 1.24 bits per heavy atom. The van der Waals surface area contributed by atoms with Crippen molar-refractivity contribution in [1.29, 1.82) is 0 Å². The summed E-state index contributed by atoms with van der Waals surface area (Å²) in [6.07, 6.45) is -0.779. The Hall–Kier alpha value is -2.64. The molecule has 2 aromatic rings. The van der Waals surface area contributed by atoms with E-state index in [0.29, 0.717) is 13.1 Å². The van der Waals surface area contributed by atoms with Crippen LogP contribution in [-0.2, 0) is 6.54 Å². The number of benzene rings is 2. The van der Waals surface area contributed by atoms with Crippen molar-refractivity contribution in [3.8, 4) is 11.5 Å². The zero-order chi connectivity index (χ0) is 18.2. The largest absolute Gasteiger partial charge is 0.497 e. The average Bonchev–Trinajstić information content (AvgIpc) is 2.61. The topological polar surface area (TPSA) is 93.9 Å². The lowest BCUT2D eigenvalue weighted by molar-refractivity contribution is -0.386. The van der Waals surface area contributed by atoms with Gasteiger partial charge in [0.2, 0.25) is 0 Å². The monoisotopic (exact) mass is 346 g/mol. The second-order valence-corrected chi connectivity index (χ2v) is 5.67. The first kappa shape index (κ1) is 18.7. The van der Waals surface area contributed by atoms with Crippen LogP contribution in [0.5, 0.6) is 11.5 Å². The van der Waals surface area contributed by atoms with E-state index in [1.165, 1.54) is 6.07 Å². The molecule has 0 saturated heterocycles. The molecule has 0 aliphatic rings. The summed E-state index contributed by atoms with van der Waals surface area (Å²) >= 11 is 0. The molecule has 7 nitrogen and oxygen atoms in total. The minimum absolute atomic E-state index is 0.0283. The number of aliphatic hydroxyl groups is 1. The summed E-state index contributed by atoms with van der Waals surface area (Å²) < 4.78 is 10.5. The third-order valence-electron chi connectivity index (χ3n) is 3.61. The maximum atomic E-state index is 11.0. The Balaban J connectivity index is 1.79. The molecule has 2 N–H and O–H groups in total. The molecular formula is C18H22N2O5. The molecule has 0 aromatic heterocycles. The van der Waals surface area contributed by atoms with Crippen LogP contribution in [0.4, 0.5) is 5.69 Å². The molecular weight excluding hydrogens is 324 g/mol. The number of methoxy groups -OCH3 is 1. The number of nitro benzene ring substituents is 1. The van der Waals surface area contributed by atoms with Crippen molar-refractivity contribution >= 4 is 5.69 Å². The van der Waals surface area contributed by atoms with Crippen molar-refractivity contribution in [2.75, 3.05) is 20.3 Å². The second-order valence-electron chi connectivity index (χ2n) is 5.67. The summed E-state index contributed by atoms with van der Waals surface area (Å²) in [4.78, 5) is 10.5. The first-order valence-corrected chi connectivity index (χ1v) is 7.89. The van der Waals surface area contributed by atoms with Gasteiger partial charge in [-0.05, 0) is 36.2 Å². The second kappa shape index (κ2) is 9.00. The van der Waals surface area contributed by atoms with E-state index in [0.717, 1.165) is 16.9 Å². The number of nitrogens with zero attached hydrogens (tertiary/aromatic N) is 1. The van der Waals surface area contributed by atoms with Gasteiger partial charge in [0.15, 0.2) is 5.75 Å². The van der Waals surface area contributed by atoms with Gasteiger partial charge in [0.05, 0.1) is 12.0 Å². The Morgan fingerprint density at radius 3 is 2.60 bits per heavy atom. The SMILES string of the molecule is COc1ccc(CNC[C@@H](O)COc2ccc(C)cc2[N+](=O)[O-])cc1. The van der Waals surface area contributed by atoms with Gasteiger partial charge in [-0.3, -0.25) is 10.1 Å². The van der Waals surface area contributed by atoms with Gasteiger partial charge in [-0.15, -0.1) is 0 Å². The van der Waals surface area contributed by atoms with E-state index in [9.17, 15) is 15.2 Å². The average molecular weight is 346 g/mol. The molecule has 0 saturated carbocycles. The van der Waals surface area contributed by atoms with Crippen LogP contribution in [0.2, 0.25) is 0 Å². The van der Waals surface area contributed by atoms with Gasteiger partial charge in [-0.1, -0.05) is 18.2 Å². The summed E-state index contributed by atoms with van der Waals surface area (Å²) in [5.41, 5.74) is 1.74. The highest BCUT2D eigenvalue weighted by molar-refractivity contribution is 5.48. The van der Waals surface area contributed by atoms with E-state index in [1.807, 2.05) is 24.3 Å². The van der Waals surface area contributed by atoms with Crippen LogP contribution in [-0.4, -0.2) is 36.4 Å². The molecule has 2 rings (SSSR count). The molecule has 2 aromatic carbocycles. The van der Waals surface area contributed by atoms with Crippen molar-refractivity contribution in [3.63, 3.8) is 0 Å². The summed E-state index contributed by atoms with van der Waals surface area (Å²) in [5.74, 6) is 0.946. The molecule has 7 heteroatoms. The summed E-state index contributed by atoms with van der Waals surface area (Å²) in [5, 5.41) is 24.1. The maximum absolute atomic E-state index is 11.0. The van der Waals surface area contributed by atoms with E-state index >= 15 is 0 Å². The lowest BCUT2D eigenvalue weighted by Gasteiger charge is -2.13. The molecule has 0 bridgehead atoms. The quantitative estimate of drug-likeness (QED) is 0.535. The molecule has 134 valence electrons. The molecule has 0 radical (unpaired) electrons. The van der Waals surface area contributed by atoms with E-state index in [1.54, 1.807) is 26.2 Å². The molecule has 0 unspecified atom stereocenters. The van der Waals surface area contributed by atoms with Gasteiger partial charge in [-0.25, -0.2) is 0 Å². The third kappa shape index (κ3) is 5.74. The minimum Gasteiger partial charge on any atom is -0.497 e. The normalized spacial score (nSPS) is 11.8. The molecule has 0 heterocycles. The lowest BCUT2D eigenvalue weighted by atomic mass is 10.2. The highest BCUT2D eigenvalue weighted by atomic mass is 16.6. The van der Waals surface area contributed by atoms with Crippen LogP contribution in [0.3, 0.4) is 0 Å². The first-order chi connectivity index (χ1) is 12.0. The van der Waals surface area contributed by atoms with Gasteiger partial charge in [0.25, 0.3) is 0 Å². The van der Waals surface area contributed by atoms with Crippen molar-refractivity contribution in [2.24, 2.45) is 0 Å². The van der Waals surface area contributed by atoms with Crippen molar-refractivity contribution in [1.82, 2.24) is 5.32 Å². The van der Waals surface area contributed by atoms with E-state index in [-0.39, 0.29) is 18.0 Å². The molecule has 0 aliphatic carbocycles. The molecule has 0 aliphatic heterocycles. The predicted octanol–water partition coefficient (Wildman–Crippen LogP) is 2.44.